The third kappa shape index (κ3) is 5.42. The summed E-state index contributed by atoms with van der Waals surface area (Å²) in [4.78, 5) is 11.2. The normalized spacial score (nSPS) is 13.2. The lowest BCUT2D eigenvalue weighted by molar-refractivity contribution is -0.144. The van der Waals surface area contributed by atoms with Gasteiger partial charge in [0.1, 0.15) is 0 Å². The highest BCUT2D eigenvalue weighted by molar-refractivity contribution is 6.60. The van der Waals surface area contributed by atoms with Crippen molar-refractivity contribution in [1.82, 2.24) is 0 Å². The average Bonchev–Trinajstić information content (AvgIpc) is 2.31. The third-order valence-corrected chi connectivity index (χ3v) is 5.04. The minimum atomic E-state index is -2.65. The first kappa shape index (κ1) is 16.3. The lowest BCUT2D eigenvalue weighted by Crippen LogP contribution is -2.44. The molecule has 7 heteroatoms. The topological polar surface area (TPSA) is 80.0 Å². The summed E-state index contributed by atoms with van der Waals surface area (Å²) in [5, 5.41) is 0. The number of ether oxygens (including phenoxy) is 1. The summed E-state index contributed by atoms with van der Waals surface area (Å²) < 4.78 is 20.6. The minimum absolute atomic E-state index is 0.314. The molecule has 0 bridgehead atoms. The Labute approximate surface area is 103 Å². The summed E-state index contributed by atoms with van der Waals surface area (Å²) in [6.07, 6.45) is -0.313. The highest BCUT2D eigenvalue weighted by Crippen LogP contribution is 2.16. The highest BCUT2D eigenvalue weighted by Gasteiger charge is 2.38. The molecule has 0 amide bonds. The Morgan fingerprint density at radius 2 is 1.76 bits per heavy atom. The maximum atomic E-state index is 11.2. The second kappa shape index (κ2) is 7.57. The van der Waals surface area contributed by atoms with Gasteiger partial charge >= 0.3 is 14.8 Å². The Bertz CT molecular complexity index is 259. The van der Waals surface area contributed by atoms with Crippen LogP contribution >= 0.6 is 0 Å². The van der Waals surface area contributed by atoms with Gasteiger partial charge in [0.2, 0.25) is 0 Å². The maximum Gasteiger partial charge on any atom is 0.500 e. The van der Waals surface area contributed by atoms with Gasteiger partial charge in [-0.1, -0.05) is 6.58 Å². The molecule has 0 radical (unpaired) electrons. The first-order valence-electron chi connectivity index (χ1n) is 5.18. The van der Waals surface area contributed by atoms with Gasteiger partial charge in [-0.05, 0) is 6.92 Å². The molecule has 0 aromatic heterocycles. The molecule has 0 aromatic carbocycles. The predicted octanol–water partition coefficient (Wildman–Crippen LogP) is 0.659. The fourth-order valence-electron chi connectivity index (χ4n) is 1.17. The first-order chi connectivity index (χ1) is 7.90. The van der Waals surface area contributed by atoms with Gasteiger partial charge < -0.3 is 18.0 Å². The van der Waals surface area contributed by atoms with Crippen molar-refractivity contribution in [1.29, 1.82) is 0 Å². The van der Waals surface area contributed by atoms with E-state index < -0.39 is 21.0 Å². The van der Waals surface area contributed by atoms with E-state index >= 15 is 0 Å². The van der Waals surface area contributed by atoms with Crippen LogP contribution in [0.4, 0.5) is 0 Å². The van der Waals surface area contributed by atoms with Crippen LogP contribution in [0, 0.1) is 0 Å². The van der Waals surface area contributed by atoms with Crippen LogP contribution in [0.1, 0.15) is 13.3 Å². The zero-order valence-corrected chi connectivity index (χ0v) is 11.8. The smallest absolute Gasteiger partial charge is 0.443 e. The summed E-state index contributed by atoms with van der Waals surface area (Å²) in [5.74, 6) is -0.503. The Kier molecular flexibility index (Phi) is 7.24. The molecule has 17 heavy (non-hydrogen) atoms. The standard InChI is InChI=1S/C10H21NO5Si/c1-8(2)10(12)16-9(11)6-7-17(13-3,14-4)15-5/h9H,1,6-7,11H2,2-5H3. The van der Waals surface area contributed by atoms with Gasteiger partial charge in [-0.3, -0.25) is 5.73 Å². The largest absolute Gasteiger partial charge is 0.500 e. The molecular weight excluding hydrogens is 242 g/mol. The molecule has 6 nitrogen and oxygen atoms in total. The minimum Gasteiger partial charge on any atom is -0.443 e. The van der Waals surface area contributed by atoms with Gasteiger partial charge in [-0.2, -0.15) is 0 Å². The van der Waals surface area contributed by atoms with E-state index in [1.165, 1.54) is 21.3 Å². The zero-order valence-electron chi connectivity index (χ0n) is 10.8. The number of esters is 1. The summed E-state index contributed by atoms with van der Waals surface area (Å²) in [5.41, 5.74) is 5.97. The van der Waals surface area contributed by atoms with Gasteiger partial charge in [-0.25, -0.2) is 4.79 Å². The van der Waals surface area contributed by atoms with Gasteiger partial charge in [0.05, 0.1) is 0 Å². The monoisotopic (exact) mass is 263 g/mol. The van der Waals surface area contributed by atoms with E-state index in [1.54, 1.807) is 6.92 Å². The second-order valence-corrected chi connectivity index (χ2v) is 6.65. The SMILES string of the molecule is C=C(C)C(=O)OC(N)CC[Si](OC)(OC)OC. The quantitative estimate of drug-likeness (QED) is 0.300. The number of carbonyl (C=O) groups excluding carboxylic acids is 1. The van der Waals surface area contributed by atoms with Crippen molar-refractivity contribution < 1.29 is 22.8 Å². The Morgan fingerprint density at radius 3 is 2.12 bits per heavy atom. The van der Waals surface area contributed by atoms with Crippen LogP contribution in [0.15, 0.2) is 12.2 Å². The number of carbonyl (C=O) groups is 1. The van der Waals surface area contributed by atoms with Crippen LogP contribution in [-0.4, -0.2) is 42.3 Å². The molecule has 2 N–H and O–H groups in total. The van der Waals surface area contributed by atoms with Crippen LogP contribution in [0.3, 0.4) is 0 Å². The molecule has 0 spiro atoms. The van der Waals surface area contributed by atoms with Gasteiger partial charge in [0.15, 0.2) is 6.23 Å². The average molecular weight is 263 g/mol. The van der Waals surface area contributed by atoms with Crippen molar-refractivity contribution in [3.8, 4) is 0 Å². The fraction of sp³-hybridized carbons (Fsp3) is 0.700. The van der Waals surface area contributed by atoms with E-state index in [9.17, 15) is 4.79 Å². The molecule has 0 heterocycles. The molecule has 100 valence electrons. The zero-order chi connectivity index (χ0) is 13.5. The second-order valence-electron chi connectivity index (χ2n) is 3.56. The predicted molar refractivity (Wildman–Crippen MR) is 65.1 cm³/mol. The third-order valence-electron chi connectivity index (χ3n) is 2.27. The number of rotatable bonds is 8. The van der Waals surface area contributed by atoms with Crippen LogP contribution in [-0.2, 0) is 22.8 Å². The Morgan fingerprint density at radius 1 is 1.29 bits per heavy atom. The lowest BCUT2D eigenvalue weighted by Gasteiger charge is -2.25. The van der Waals surface area contributed by atoms with Gasteiger partial charge in [-0.15, -0.1) is 0 Å². The van der Waals surface area contributed by atoms with Crippen LogP contribution in [0.2, 0.25) is 6.04 Å². The molecule has 0 fully saturated rings. The summed E-state index contributed by atoms with van der Waals surface area (Å²) >= 11 is 0. The van der Waals surface area contributed by atoms with Crippen molar-refractivity contribution in [2.45, 2.75) is 25.6 Å². The van der Waals surface area contributed by atoms with E-state index in [2.05, 4.69) is 6.58 Å². The Balaban J connectivity index is 4.18. The molecular formula is C10H21NO5Si. The van der Waals surface area contributed by atoms with Crippen molar-refractivity contribution in [3.05, 3.63) is 12.2 Å². The van der Waals surface area contributed by atoms with Crippen molar-refractivity contribution in [3.63, 3.8) is 0 Å². The molecule has 1 unspecified atom stereocenters. The highest BCUT2D eigenvalue weighted by atomic mass is 28.4. The molecule has 0 rings (SSSR count). The number of nitrogens with two attached hydrogens (primary N) is 1. The van der Waals surface area contributed by atoms with Crippen molar-refractivity contribution in [2.75, 3.05) is 21.3 Å². The van der Waals surface area contributed by atoms with E-state index in [0.29, 0.717) is 18.0 Å². The summed E-state index contributed by atoms with van der Waals surface area (Å²) in [6, 6.07) is 0.473. The maximum absolute atomic E-state index is 11.2. The molecule has 0 saturated heterocycles. The molecule has 0 aliphatic heterocycles. The summed E-state index contributed by atoms with van der Waals surface area (Å²) in [6.45, 7) is 5.03. The van der Waals surface area contributed by atoms with Crippen LogP contribution in [0.25, 0.3) is 0 Å². The molecule has 0 aromatic rings. The number of hydrogen-bond acceptors (Lipinski definition) is 6. The van der Waals surface area contributed by atoms with Crippen molar-refractivity contribution >= 4 is 14.8 Å². The van der Waals surface area contributed by atoms with E-state index in [1.807, 2.05) is 0 Å². The molecule has 0 saturated carbocycles. The van der Waals surface area contributed by atoms with Crippen molar-refractivity contribution in [2.24, 2.45) is 5.73 Å². The van der Waals surface area contributed by atoms with Crippen LogP contribution < -0.4 is 5.73 Å². The molecule has 1 atom stereocenters. The Hall–Kier alpha value is -0.733. The van der Waals surface area contributed by atoms with E-state index in [4.69, 9.17) is 23.7 Å². The molecule has 0 aliphatic carbocycles. The van der Waals surface area contributed by atoms with Gasteiger partial charge in [0, 0.05) is 39.4 Å². The lowest BCUT2D eigenvalue weighted by atomic mass is 10.3. The molecule has 0 aliphatic rings. The van der Waals surface area contributed by atoms with Gasteiger partial charge in [0.25, 0.3) is 0 Å². The first-order valence-corrected chi connectivity index (χ1v) is 7.11. The van der Waals surface area contributed by atoms with Crippen LogP contribution in [0.5, 0.6) is 0 Å². The van der Waals surface area contributed by atoms with E-state index in [-0.39, 0.29) is 0 Å². The summed E-state index contributed by atoms with van der Waals surface area (Å²) in [7, 11) is 1.90. The number of hydrogen-bond donors (Lipinski definition) is 1. The van der Waals surface area contributed by atoms with E-state index in [0.717, 1.165) is 0 Å². The fourth-order valence-corrected chi connectivity index (χ4v) is 2.92.